The van der Waals surface area contributed by atoms with Crippen molar-refractivity contribution in [1.82, 2.24) is 9.13 Å². The Morgan fingerprint density at radius 1 is 0.420 bits per heavy atom. The van der Waals surface area contributed by atoms with Crippen LogP contribution in [0.2, 0.25) is 0 Å². The van der Waals surface area contributed by atoms with Crippen LogP contribution in [-0.4, -0.2) is 9.13 Å². The number of fused-ring (bicyclic) bond motifs is 9. The lowest BCUT2D eigenvalue weighted by atomic mass is 10.0. The molecule has 0 unspecified atom stereocenters. The second-order valence-electron chi connectivity index (χ2n) is 12.2. The summed E-state index contributed by atoms with van der Waals surface area (Å²) in [4.78, 5) is 0. The number of benzene rings is 7. The van der Waals surface area contributed by atoms with Gasteiger partial charge in [0.05, 0.1) is 22.1 Å². The zero-order valence-corrected chi connectivity index (χ0v) is 28.6. The molecule has 0 amide bonds. The summed E-state index contributed by atoms with van der Waals surface area (Å²) in [5.74, 6) is 0. The molecule has 0 aliphatic carbocycles. The number of rotatable bonds is 3. The third-order valence-electron chi connectivity index (χ3n) is 9.31. The number of aromatic nitrogens is 2. The third-order valence-corrected chi connectivity index (χ3v) is 9.31. The number of para-hydroxylation sites is 3. The number of hydrogen-bond donors (Lipinski definition) is 0. The first kappa shape index (κ1) is 31.0. The normalized spacial score (nSPS) is 11.2. The highest BCUT2D eigenvalue weighted by atomic mass is 16.3. The van der Waals surface area contributed by atoms with Crippen molar-refractivity contribution in [3.63, 3.8) is 0 Å². The Balaban J connectivity index is 0.000000688. The smallest absolute Gasteiger partial charge is 0.135 e. The van der Waals surface area contributed by atoms with Gasteiger partial charge in [-0.2, -0.15) is 0 Å². The molecule has 10 aromatic rings. The summed E-state index contributed by atoms with van der Waals surface area (Å²) in [6, 6.07) is 56.5. The van der Waals surface area contributed by atoms with E-state index < -0.39 is 0 Å². The van der Waals surface area contributed by atoms with Gasteiger partial charge in [0.1, 0.15) is 11.2 Å². The van der Waals surface area contributed by atoms with Crippen LogP contribution in [0.1, 0.15) is 20.8 Å². The molecule has 3 heteroatoms. The van der Waals surface area contributed by atoms with Gasteiger partial charge in [0.15, 0.2) is 0 Å². The van der Waals surface area contributed by atoms with E-state index in [0.717, 1.165) is 33.3 Å². The van der Waals surface area contributed by atoms with E-state index >= 15 is 0 Å². The molecule has 3 nitrogen and oxygen atoms in total. The zero-order chi connectivity index (χ0) is 34.2. The molecular weight excluding hydrogens is 609 g/mol. The van der Waals surface area contributed by atoms with Crippen molar-refractivity contribution in [2.45, 2.75) is 20.8 Å². The van der Waals surface area contributed by atoms with Crippen LogP contribution in [0.5, 0.6) is 0 Å². The molecule has 0 aliphatic heterocycles. The average molecular weight is 647 g/mol. The van der Waals surface area contributed by atoms with Gasteiger partial charge in [-0.1, -0.05) is 111 Å². The number of allylic oxidation sites excluding steroid dienone is 1. The molecule has 242 valence electrons. The Hall–Kier alpha value is -6.32. The van der Waals surface area contributed by atoms with Gasteiger partial charge in [0.25, 0.3) is 0 Å². The number of nitrogens with zero attached hydrogens (tertiary/aromatic N) is 2. The fraction of sp³-hybridized carbons (Fsp3) is 0.0638. The second kappa shape index (κ2) is 12.9. The van der Waals surface area contributed by atoms with Crippen LogP contribution in [-0.2, 0) is 0 Å². The molecule has 0 atom stereocenters. The van der Waals surface area contributed by atoms with E-state index in [1.165, 1.54) is 54.7 Å². The summed E-state index contributed by atoms with van der Waals surface area (Å²) in [7, 11) is 0. The third kappa shape index (κ3) is 4.98. The molecule has 7 aromatic carbocycles. The second-order valence-corrected chi connectivity index (χ2v) is 12.2. The maximum absolute atomic E-state index is 6.39. The van der Waals surface area contributed by atoms with Gasteiger partial charge in [0, 0.05) is 43.7 Å². The van der Waals surface area contributed by atoms with Crippen LogP contribution >= 0.6 is 0 Å². The Bertz CT molecular complexity index is 2760. The predicted molar refractivity (Wildman–Crippen MR) is 215 cm³/mol. The summed E-state index contributed by atoms with van der Waals surface area (Å²) < 4.78 is 11.1. The average Bonchev–Trinajstić information content (AvgIpc) is 3.83. The van der Waals surface area contributed by atoms with Crippen LogP contribution in [0.3, 0.4) is 0 Å². The minimum Gasteiger partial charge on any atom is -0.456 e. The molecule has 10 rings (SSSR count). The van der Waals surface area contributed by atoms with Crippen LogP contribution in [0, 0.1) is 0 Å². The molecule has 0 radical (unpaired) electrons. The number of furan rings is 1. The van der Waals surface area contributed by atoms with Gasteiger partial charge < -0.3 is 13.6 Å². The van der Waals surface area contributed by atoms with E-state index in [0.29, 0.717) is 0 Å². The monoisotopic (exact) mass is 646 g/mol. The highest BCUT2D eigenvalue weighted by Crippen LogP contribution is 2.39. The van der Waals surface area contributed by atoms with E-state index in [4.69, 9.17) is 4.42 Å². The van der Waals surface area contributed by atoms with Gasteiger partial charge in [-0.3, -0.25) is 0 Å². The highest BCUT2D eigenvalue weighted by Gasteiger charge is 2.17. The van der Waals surface area contributed by atoms with Crippen molar-refractivity contribution in [2.75, 3.05) is 0 Å². The summed E-state index contributed by atoms with van der Waals surface area (Å²) in [5, 5.41) is 7.23. The Labute approximate surface area is 291 Å². The molecule has 0 spiro atoms. The van der Waals surface area contributed by atoms with Crippen LogP contribution in [0.25, 0.3) is 88.1 Å². The van der Waals surface area contributed by atoms with Crippen molar-refractivity contribution < 1.29 is 4.42 Å². The van der Waals surface area contributed by atoms with Crippen LogP contribution < -0.4 is 0 Å². The van der Waals surface area contributed by atoms with Gasteiger partial charge in [-0.05, 0) is 84.8 Å². The minimum atomic E-state index is 0.889. The van der Waals surface area contributed by atoms with Crippen molar-refractivity contribution in [2.24, 2.45) is 0 Å². The van der Waals surface area contributed by atoms with Gasteiger partial charge in [0.2, 0.25) is 0 Å². The summed E-state index contributed by atoms with van der Waals surface area (Å²) in [6.07, 6.45) is 1.75. The zero-order valence-electron chi connectivity index (χ0n) is 28.6. The van der Waals surface area contributed by atoms with E-state index in [1.54, 1.807) is 6.08 Å². The van der Waals surface area contributed by atoms with E-state index in [2.05, 4.69) is 173 Å². The molecule has 0 bridgehead atoms. The van der Waals surface area contributed by atoms with Crippen molar-refractivity contribution in [3.05, 3.63) is 170 Å². The van der Waals surface area contributed by atoms with Gasteiger partial charge in [-0.15, -0.1) is 6.58 Å². The Morgan fingerprint density at radius 2 is 0.840 bits per heavy atom. The molecule has 0 aliphatic rings. The van der Waals surface area contributed by atoms with Crippen LogP contribution in [0.15, 0.2) is 175 Å². The molecule has 0 saturated heterocycles. The highest BCUT2D eigenvalue weighted by molar-refractivity contribution is 6.13. The fourth-order valence-electron chi connectivity index (χ4n) is 7.29. The van der Waals surface area contributed by atoms with Crippen molar-refractivity contribution >= 4 is 65.6 Å². The molecule has 3 aromatic heterocycles. The topological polar surface area (TPSA) is 23.0 Å². The number of hydrogen-bond acceptors (Lipinski definition) is 1. The summed E-state index contributed by atoms with van der Waals surface area (Å²) in [5.41, 5.74) is 11.2. The first-order valence-electron chi connectivity index (χ1n) is 17.3. The molecular formula is C47H38N2O. The molecule has 0 fully saturated rings. The Morgan fingerprint density at radius 3 is 1.34 bits per heavy atom. The van der Waals surface area contributed by atoms with E-state index in [9.17, 15) is 0 Å². The fourth-order valence-corrected chi connectivity index (χ4v) is 7.29. The largest absolute Gasteiger partial charge is 0.456 e. The lowest BCUT2D eigenvalue weighted by Gasteiger charge is -2.09. The van der Waals surface area contributed by atoms with Crippen molar-refractivity contribution in [3.8, 4) is 22.5 Å². The molecule has 0 saturated carbocycles. The Kier molecular flexibility index (Phi) is 8.02. The first-order valence-corrected chi connectivity index (χ1v) is 17.3. The summed E-state index contributed by atoms with van der Waals surface area (Å²) >= 11 is 0. The maximum atomic E-state index is 6.39. The first-order chi connectivity index (χ1) is 24.7. The van der Waals surface area contributed by atoms with Crippen LogP contribution in [0.4, 0.5) is 0 Å². The van der Waals surface area contributed by atoms with Crippen molar-refractivity contribution in [1.29, 1.82) is 0 Å². The van der Waals surface area contributed by atoms with E-state index in [-0.39, 0.29) is 0 Å². The predicted octanol–water partition coefficient (Wildman–Crippen LogP) is 13.7. The minimum absolute atomic E-state index is 0.889. The molecule has 3 heterocycles. The molecule has 50 heavy (non-hydrogen) atoms. The summed E-state index contributed by atoms with van der Waals surface area (Å²) in [6.45, 7) is 9.25. The quantitative estimate of drug-likeness (QED) is 0.175. The van der Waals surface area contributed by atoms with E-state index in [1.807, 2.05) is 20.8 Å². The van der Waals surface area contributed by atoms with Gasteiger partial charge >= 0.3 is 0 Å². The lowest BCUT2D eigenvalue weighted by Crippen LogP contribution is -1.94. The molecule has 0 N–H and O–H groups in total. The lowest BCUT2D eigenvalue weighted by molar-refractivity contribution is 0.669. The standard InChI is InChI=1S/C42H26N2O.C3H6.C2H6/c1-2-10-27(11-3-1)28-18-21-40-34(24-28)33-14-6-9-17-39(33)44(40)30-20-23-42-36(26-30)35-25-29(19-22-41(35)45-42)43-37-15-7-4-12-31(37)32-13-5-8-16-38(32)43;1-3-2;1-2/h1-26H;3H,1H2,2H3;1-2H3. The maximum Gasteiger partial charge on any atom is 0.135 e. The SMILES string of the molecule is C=CC.CC.c1ccc(-c2ccc3c(c2)c2ccccc2n3-c2ccc3oc4ccc(-n5c6ccccc6c6ccccc65)cc4c3c2)cc1. The van der Waals surface area contributed by atoms with Gasteiger partial charge in [-0.25, -0.2) is 0 Å².